The molecule has 2 aromatic rings. The SMILES string of the molecule is NCCCCCCCCOc1ccc2ccc(=O)oc2c1. The Balaban J connectivity index is 1.72. The molecule has 0 aliphatic heterocycles. The van der Waals surface area contributed by atoms with Gasteiger partial charge in [0.1, 0.15) is 11.3 Å². The van der Waals surface area contributed by atoms with E-state index in [2.05, 4.69) is 0 Å². The number of benzene rings is 1. The number of nitrogens with two attached hydrogens (primary N) is 1. The van der Waals surface area contributed by atoms with E-state index in [9.17, 15) is 4.79 Å². The Morgan fingerprint density at radius 1 is 0.952 bits per heavy atom. The van der Waals surface area contributed by atoms with Crippen molar-refractivity contribution in [2.45, 2.75) is 38.5 Å². The van der Waals surface area contributed by atoms with Crippen molar-refractivity contribution >= 4 is 11.0 Å². The average molecular weight is 289 g/mol. The molecular formula is C17H23NO3. The van der Waals surface area contributed by atoms with Crippen LogP contribution in [0.1, 0.15) is 38.5 Å². The summed E-state index contributed by atoms with van der Waals surface area (Å²) < 4.78 is 10.8. The fourth-order valence-corrected chi connectivity index (χ4v) is 2.27. The van der Waals surface area contributed by atoms with Gasteiger partial charge < -0.3 is 14.9 Å². The normalized spacial score (nSPS) is 10.9. The zero-order valence-electron chi connectivity index (χ0n) is 12.3. The van der Waals surface area contributed by atoms with E-state index in [1.807, 2.05) is 12.1 Å². The van der Waals surface area contributed by atoms with Crippen molar-refractivity contribution in [2.75, 3.05) is 13.2 Å². The number of ether oxygens (including phenoxy) is 1. The van der Waals surface area contributed by atoms with Crippen molar-refractivity contribution in [2.24, 2.45) is 5.73 Å². The fraction of sp³-hybridized carbons (Fsp3) is 0.471. The summed E-state index contributed by atoms with van der Waals surface area (Å²) >= 11 is 0. The van der Waals surface area contributed by atoms with E-state index >= 15 is 0 Å². The minimum absolute atomic E-state index is 0.336. The van der Waals surface area contributed by atoms with E-state index < -0.39 is 0 Å². The van der Waals surface area contributed by atoms with Crippen LogP contribution in [0.2, 0.25) is 0 Å². The van der Waals surface area contributed by atoms with Gasteiger partial charge in [0.05, 0.1) is 6.61 Å². The van der Waals surface area contributed by atoms with Crippen molar-refractivity contribution < 1.29 is 9.15 Å². The first-order valence-electron chi connectivity index (χ1n) is 7.66. The van der Waals surface area contributed by atoms with Gasteiger partial charge in [0.25, 0.3) is 0 Å². The Labute approximate surface area is 124 Å². The molecule has 1 heterocycles. The van der Waals surface area contributed by atoms with Crippen LogP contribution in [0.25, 0.3) is 11.0 Å². The van der Waals surface area contributed by atoms with E-state index in [1.165, 1.54) is 31.7 Å². The van der Waals surface area contributed by atoms with Gasteiger partial charge in [-0.15, -0.1) is 0 Å². The predicted octanol–water partition coefficient (Wildman–Crippen LogP) is 3.47. The van der Waals surface area contributed by atoms with Gasteiger partial charge in [0.15, 0.2) is 0 Å². The van der Waals surface area contributed by atoms with Crippen LogP contribution in [0.15, 0.2) is 39.5 Å². The summed E-state index contributed by atoms with van der Waals surface area (Å²) in [5.74, 6) is 0.750. The maximum absolute atomic E-state index is 11.2. The van der Waals surface area contributed by atoms with Crippen LogP contribution in [0.3, 0.4) is 0 Å². The van der Waals surface area contributed by atoms with E-state index in [4.69, 9.17) is 14.9 Å². The maximum Gasteiger partial charge on any atom is 0.336 e. The molecule has 0 atom stereocenters. The summed E-state index contributed by atoms with van der Waals surface area (Å²) in [5, 5.41) is 0.904. The first kappa shape index (κ1) is 15.6. The molecular weight excluding hydrogens is 266 g/mol. The lowest BCUT2D eigenvalue weighted by Gasteiger charge is -2.06. The molecule has 0 aliphatic rings. The first-order valence-corrected chi connectivity index (χ1v) is 7.66. The molecule has 4 nitrogen and oxygen atoms in total. The molecule has 4 heteroatoms. The van der Waals surface area contributed by atoms with Crippen molar-refractivity contribution in [1.82, 2.24) is 0 Å². The zero-order chi connectivity index (χ0) is 14.9. The number of hydrogen-bond acceptors (Lipinski definition) is 4. The van der Waals surface area contributed by atoms with E-state index in [0.29, 0.717) is 12.2 Å². The molecule has 0 fully saturated rings. The zero-order valence-corrected chi connectivity index (χ0v) is 12.3. The highest BCUT2D eigenvalue weighted by Gasteiger charge is 2.00. The van der Waals surface area contributed by atoms with E-state index in [0.717, 1.165) is 30.5 Å². The Kier molecular flexibility index (Phi) is 6.28. The van der Waals surface area contributed by atoms with Gasteiger partial charge in [-0.3, -0.25) is 0 Å². The van der Waals surface area contributed by atoms with Gasteiger partial charge in [0.2, 0.25) is 0 Å². The molecule has 0 saturated heterocycles. The quantitative estimate of drug-likeness (QED) is 0.567. The predicted molar refractivity (Wildman–Crippen MR) is 84.7 cm³/mol. The molecule has 2 rings (SSSR count). The van der Waals surface area contributed by atoms with Gasteiger partial charge in [0, 0.05) is 17.5 Å². The summed E-state index contributed by atoms with van der Waals surface area (Å²) in [4.78, 5) is 11.2. The second kappa shape index (κ2) is 8.47. The third kappa shape index (κ3) is 5.23. The van der Waals surface area contributed by atoms with Crippen LogP contribution < -0.4 is 16.1 Å². The molecule has 0 radical (unpaired) electrons. The molecule has 0 bridgehead atoms. The summed E-state index contributed by atoms with van der Waals surface area (Å²) in [6, 6.07) is 8.77. The number of hydrogen-bond donors (Lipinski definition) is 1. The van der Waals surface area contributed by atoms with Crippen LogP contribution in [-0.2, 0) is 0 Å². The second-order valence-electron chi connectivity index (χ2n) is 5.21. The highest BCUT2D eigenvalue weighted by molar-refractivity contribution is 5.77. The van der Waals surface area contributed by atoms with Crippen LogP contribution in [0, 0.1) is 0 Å². The van der Waals surface area contributed by atoms with Crippen molar-refractivity contribution in [3.63, 3.8) is 0 Å². The molecule has 1 aromatic carbocycles. The number of fused-ring (bicyclic) bond motifs is 1. The van der Waals surface area contributed by atoms with Crippen LogP contribution in [-0.4, -0.2) is 13.2 Å². The third-order valence-corrected chi connectivity index (χ3v) is 3.46. The topological polar surface area (TPSA) is 65.5 Å². The molecule has 1 aromatic heterocycles. The lowest BCUT2D eigenvalue weighted by molar-refractivity contribution is 0.304. The highest BCUT2D eigenvalue weighted by Crippen LogP contribution is 2.19. The molecule has 0 aliphatic carbocycles. The third-order valence-electron chi connectivity index (χ3n) is 3.46. The Morgan fingerprint density at radius 2 is 1.67 bits per heavy atom. The van der Waals surface area contributed by atoms with Gasteiger partial charge in [-0.2, -0.15) is 0 Å². The second-order valence-corrected chi connectivity index (χ2v) is 5.21. The summed E-state index contributed by atoms with van der Waals surface area (Å²) in [6.45, 7) is 1.49. The lowest BCUT2D eigenvalue weighted by Crippen LogP contribution is -1.99. The largest absolute Gasteiger partial charge is 0.493 e. The average Bonchev–Trinajstić information content (AvgIpc) is 2.49. The molecule has 0 saturated carbocycles. The Bertz CT molecular complexity index is 606. The summed E-state index contributed by atoms with van der Waals surface area (Å²) in [5.41, 5.74) is 5.69. The molecule has 2 N–H and O–H groups in total. The van der Waals surface area contributed by atoms with Crippen LogP contribution in [0.4, 0.5) is 0 Å². The van der Waals surface area contributed by atoms with Crippen molar-refractivity contribution in [1.29, 1.82) is 0 Å². The molecule has 0 unspecified atom stereocenters. The minimum atomic E-state index is -0.336. The smallest absolute Gasteiger partial charge is 0.336 e. The van der Waals surface area contributed by atoms with Crippen molar-refractivity contribution in [3.05, 3.63) is 40.8 Å². The maximum atomic E-state index is 11.2. The monoisotopic (exact) mass is 289 g/mol. The summed E-state index contributed by atoms with van der Waals surface area (Å²) in [6.07, 6.45) is 7.04. The number of unbranched alkanes of at least 4 members (excludes halogenated alkanes) is 5. The standard InChI is InChI=1S/C17H23NO3/c18-11-5-3-1-2-4-6-12-20-15-9-7-14-8-10-17(19)21-16(14)13-15/h7-10,13H,1-6,11-12,18H2. The van der Waals surface area contributed by atoms with Gasteiger partial charge in [-0.25, -0.2) is 4.79 Å². The van der Waals surface area contributed by atoms with E-state index in [-0.39, 0.29) is 5.63 Å². The molecule has 114 valence electrons. The Hall–Kier alpha value is -1.81. The van der Waals surface area contributed by atoms with Gasteiger partial charge >= 0.3 is 5.63 Å². The number of rotatable bonds is 9. The van der Waals surface area contributed by atoms with Gasteiger partial charge in [-0.1, -0.05) is 25.7 Å². The fourth-order valence-electron chi connectivity index (χ4n) is 2.27. The highest BCUT2D eigenvalue weighted by atomic mass is 16.5. The summed E-state index contributed by atoms with van der Waals surface area (Å²) in [7, 11) is 0. The lowest BCUT2D eigenvalue weighted by atomic mass is 10.1. The van der Waals surface area contributed by atoms with Crippen molar-refractivity contribution in [3.8, 4) is 5.75 Å². The molecule has 0 spiro atoms. The van der Waals surface area contributed by atoms with Crippen LogP contribution in [0.5, 0.6) is 5.75 Å². The first-order chi connectivity index (χ1) is 10.3. The minimum Gasteiger partial charge on any atom is -0.493 e. The van der Waals surface area contributed by atoms with Gasteiger partial charge in [-0.05, 0) is 37.6 Å². The van der Waals surface area contributed by atoms with E-state index in [1.54, 1.807) is 12.1 Å². The molecule has 0 amide bonds. The van der Waals surface area contributed by atoms with Crippen LogP contribution >= 0.6 is 0 Å². The molecule has 21 heavy (non-hydrogen) atoms. The Morgan fingerprint density at radius 3 is 2.48 bits per heavy atom.